The summed E-state index contributed by atoms with van der Waals surface area (Å²) in [7, 11) is 0.952. The molecule has 0 radical (unpaired) electrons. The van der Waals surface area contributed by atoms with Crippen molar-refractivity contribution in [1.82, 2.24) is 30.8 Å². The highest BCUT2D eigenvalue weighted by Crippen LogP contribution is 2.88. The number of carbonyl (C=O) groups is 4. The summed E-state index contributed by atoms with van der Waals surface area (Å²) in [6, 6.07) is 17.4. The first kappa shape index (κ1) is 48.8. The highest BCUT2D eigenvalue weighted by Gasteiger charge is 2.94. The summed E-state index contributed by atoms with van der Waals surface area (Å²) >= 11 is 0. The molecule has 1 aromatic heterocycles. The van der Waals surface area contributed by atoms with Gasteiger partial charge in [0, 0.05) is 61.7 Å². The van der Waals surface area contributed by atoms with Gasteiger partial charge in [-0.2, -0.15) is 0 Å². The topological polar surface area (TPSA) is 243 Å². The molecule has 362 valence electrons. The molecule has 2 heterocycles. The predicted molar refractivity (Wildman–Crippen MR) is 260 cm³/mol. The van der Waals surface area contributed by atoms with Crippen LogP contribution in [-0.2, 0) is 25.3 Å². The number of fused-ring (bicyclic) bond motifs is 1. The van der Waals surface area contributed by atoms with Gasteiger partial charge in [-0.15, -0.1) is 0 Å². The molecule has 1 unspecified atom stereocenters. The Morgan fingerprint density at radius 1 is 0.957 bits per heavy atom. The first-order chi connectivity index (χ1) is 32.8. The lowest BCUT2D eigenvalue weighted by Crippen LogP contribution is -2.93. The smallest absolute Gasteiger partial charge is 0.481 e. The Morgan fingerprint density at radius 3 is 2.30 bits per heavy atom. The molecule has 17 nitrogen and oxygen atoms in total. The van der Waals surface area contributed by atoms with Crippen LogP contribution in [0.1, 0.15) is 111 Å². The van der Waals surface area contributed by atoms with Crippen LogP contribution < -0.4 is 20.9 Å². The summed E-state index contributed by atoms with van der Waals surface area (Å²) in [6.07, 6.45) is 7.34. The number of nitrogens with one attached hydrogen (secondary N) is 5. The average Bonchev–Trinajstić information content (AvgIpc) is 3.69. The van der Waals surface area contributed by atoms with Gasteiger partial charge in [0.15, 0.2) is 5.84 Å². The molecule has 4 fully saturated rings. The van der Waals surface area contributed by atoms with Crippen molar-refractivity contribution in [2.24, 2.45) is 23.2 Å². The first-order valence-corrected chi connectivity index (χ1v) is 23.8. The molecular formula is C51H62BN9O8. The van der Waals surface area contributed by atoms with Crippen molar-refractivity contribution in [3.8, 4) is 11.5 Å². The molecule has 4 aromatic rings. The van der Waals surface area contributed by atoms with Crippen LogP contribution in [0.2, 0.25) is 0 Å². The molecule has 1 saturated heterocycles. The van der Waals surface area contributed by atoms with Gasteiger partial charge in [0.05, 0.1) is 28.9 Å². The SMILES string of the molecule is CCNC(=O)C(=N)N(C(=N)c1cc(C(C)C)c(O)cc1O)c1ccc(C(=O)N(C)CC[C@]23OB([C@H](CC(C)C)NC(=O)[C@H](Cc4ccccc4)NC(=O)c4cnccn4)O[C@]24C[C@H]2C[C@@H]3C24C)cc1. The van der Waals surface area contributed by atoms with E-state index in [2.05, 4.69) is 46.7 Å². The Hall–Kier alpha value is -6.66. The van der Waals surface area contributed by atoms with Crippen LogP contribution in [-0.4, -0.2) is 111 Å². The minimum atomic E-state index is -0.939. The molecule has 18 heteroatoms. The number of aromatic nitrogens is 2. The van der Waals surface area contributed by atoms with Crippen molar-refractivity contribution < 1.29 is 38.7 Å². The fourth-order valence-corrected chi connectivity index (χ4v) is 11.5. The number of hydrogen-bond donors (Lipinski definition) is 7. The van der Waals surface area contributed by atoms with Gasteiger partial charge in [-0.1, -0.05) is 65.0 Å². The lowest BCUT2D eigenvalue weighted by Gasteiger charge is -2.88. The van der Waals surface area contributed by atoms with E-state index in [1.165, 1.54) is 24.7 Å². The van der Waals surface area contributed by atoms with E-state index in [1.54, 1.807) is 43.1 Å². The van der Waals surface area contributed by atoms with Gasteiger partial charge in [-0.3, -0.25) is 39.9 Å². The number of carbonyl (C=O) groups excluding carboxylic acids is 4. The number of phenols is 2. The van der Waals surface area contributed by atoms with Gasteiger partial charge in [-0.25, -0.2) is 4.98 Å². The number of aromatic hydroxyl groups is 2. The Morgan fingerprint density at radius 2 is 1.68 bits per heavy atom. The third-order valence-corrected chi connectivity index (χ3v) is 15.0. The van der Waals surface area contributed by atoms with Crippen molar-refractivity contribution >= 4 is 48.1 Å². The Kier molecular flexibility index (Phi) is 13.5. The highest BCUT2D eigenvalue weighted by molar-refractivity contribution is 6.49. The summed E-state index contributed by atoms with van der Waals surface area (Å²) in [4.78, 5) is 65.7. The summed E-state index contributed by atoms with van der Waals surface area (Å²) in [5, 5.41) is 48.0. The molecule has 1 spiro atoms. The molecule has 3 aromatic carbocycles. The Bertz CT molecular complexity index is 2640. The lowest BCUT2D eigenvalue weighted by atomic mass is 9.20. The molecule has 69 heavy (non-hydrogen) atoms. The maximum atomic E-state index is 14.4. The Balaban J connectivity index is 0.991. The average molecular weight is 940 g/mol. The zero-order chi connectivity index (χ0) is 49.6. The number of nitrogens with zero attached hydrogens (tertiary/aromatic N) is 4. The van der Waals surface area contributed by atoms with Crippen molar-refractivity contribution in [2.45, 2.75) is 103 Å². The summed E-state index contributed by atoms with van der Waals surface area (Å²) in [5.74, 6) is -3.24. The van der Waals surface area contributed by atoms with Gasteiger partial charge in [0.25, 0.3) is 17.7 Å². The summed E-state index contributed by atoms with van der Waals surface area (Å²) in [5.41, 5.74) is 0.654. The Labute approximate surface area is 402 Å². The van der Waals surface area contributed by atoms with E-state index < -0.39 is 53.7 Å². The molecule has 0 bridgehead atoms. The zero-order valence-electron chi connectivity index (χ0n) is 40.2. The third-order valence-electron chi connectivity index (χ3n) is 15.0. The molecule has 3 aliphatic carbocycles. The van der Waals surface area contributed by atoms with E-state index in [0.717, 1.165) is 29.4 Å². The number of benzene rings is 3. The van der Waals surface area contributed by atoms with Gasteiger partial charge in [-0.05, 0) is 97.7 Å². The van der Waals surface area contributed by atoms with E-state index >= 15 is 0 Å². The summed E-state index contributed by atoms with van der Waals surface area (Å²) < 4.78 is 14.2. The van der Waals surface area contributed by atoms with Crippen molar-refractivity contribution in [2.75, 3.05) is 25.0 Å². The van der Waals surface area contributed by atoms with Crippen LogP contribution in [0.5, 0.6) is 11.5 Å². The van der Waals surface area contributed by atoms with Crippen molar-refractivity contribution in [3.05, 3.63) is 113 Å². The lowest BCUT2D eigenvalue weighted by molar-refractivity contribution is -0.436. The van der Waals surface area contributed by atoms with E-state index in [9.17, 15) is 29.4 Å². The highest BCUT2D eigenvalue weighted by atomic mass is 16.7. The van der Waals surface area contributed by atoms with Crippen LogP contribution in [0.4, 0.5) is 5.69 Å². The van der Waals surface area contributed by atoms with E-state index in [4.69, 9.17) is 20.1 Å². The van der Waals surface area contributed by atoms with Gasteiger partial charge in [0.1, 0.15) is 29.1 Å². The van der Waals surface area contributed by atoms with Gasteiger partial charge >= 0.3 is 7.12 Å². The quantitative estimate of drug-likeness (QED) is 0.0390. The van der Waals surface area contributed by atoms with E-state index in [1.807, 2.05) is 44.2 Å². The largest absolute Gasteiger partial charge is 0.508 e. The standard InChI is InChI=1S/C51H62BN9O8/c1-8-56-47(66)44(54)61(43(53)36-25-35(30(4)5)39(62)26-40(36)63)34-16-14-32(15-17-34)48(67)60(7)21-18-50-41-24-33-27-51(50,49(33,41)6)69-52(68-50)42(22-29(2)3)59-45(64)37(23-31-12-10-9-11-13-31)58-46(65)38-28-55-19-20-57-38/h9-17,19-20,25-26,28-30,33,37,41-42,53-54,62-63H,8,18,21-24,27H2,1-7H3,(H,56,66)(H,58,65)(H,59,64)/t33-,37+,41-,42+,49?,50-,51+/m1/s1. The predicted octanol–water partition coefficient (Wildman–Crippen LogP) is 5.60. The normalized spacial score (nSPS) is 23.5. The second-order valence-electron chi connectivity index (χ2n) is 19.8. The molecule has 3 saturated carbocycles. The molecule has 1 aliphatic heterocycles. The number of amides is 4. The monoisotopic (exact) mass is 939 g/mol. The fraction of sp³-hybridized carbons (Fsp3) is 0.451. The minimum absolute atomic E-state index is 0.00694. The second kappa shape index (κ2) is 19.0. The maximum absolute atomic E-state index is 14.4. The van der Waals surface area contributed by atoms with Crippen LogP contribution in [0.25, 0.3) is 0 Å². The maximum Gasteiger partial charge on any atom is 0.481 e. The van der Waals surface area contributed by atoms with Crippen molar-refractivity contribution in [3.63, 3.8) is 0 Å². The molecule has 7 atom stereocenters. The van der Waals surface area contributed by atoms with Crippen LogP contribution >= 0.6 is 0 Å². The fourth-order valence-electron chi connectivity index (χ4n) is 11.5. The number of rotatable bonds is 17. The zero-order valence-corrected chi connectivity index (χ0v) is 40.2. The van der Waals surface area contributed by atoms with Crippen LogP contribution in [0.3, 0.4) is 0 Å². The molecule has 7 N–H and O–H groups in total. The first-order valence-electron chi connectivity index (χ1n) is 23.8. The second-order valence-corrected chi connectivity index (χ2v) is 19.8. The molecular weight excluding hydrogens is 877 g/mol. The molecule has 4 aliphatic rings. The number of likely N-dealkylation sites (N-methyl/N-ethyl adjacent to an activating group) is 1. The molecule has 4 amide bonds. The van der Waals surface area contributed by atoms with Crippen LogP contribution in [0, 0.1) is 34.0 Å². The number of amidine groups is 2. The van der Waals surface area contributed by atoms with Crippen molar-refractivity contribution in [1.29, 1.82) is 10.8 Å². The van der Waals surface area contributed by atoms with Crippen LogP contribution in [0.15, 0.2) is 85.3 Å². The molecule has 8 rings (SSSR count). The number of anilines is 1. The third kappa shape index (κ3) is 8.51. The van der Waals surface area contributed by atoms with Gasteiger partial charge < -0.3 is 40.4 Å². The van der Waals surface area contributed by atoms with Gasteiger partial charge in [0.2, 0.25) is 5.91 Å². The van der Waals surface area contributed by atoms with E-state index in [0.29, 0.717) is 36.4 Å². The van der Waals surface area contributed by atoms with E-state index in [-0.39, 0.29) is 76.5 Å². The number of phenolic OH excluding ortho intramolecular Hbond substituents is 2. The minimum Gasteiger partial charge on any atom is -0.508 e. The summed E-state index contributed by atoms with van der Waals surface area (Å²) in [6.45, 7) is 12.4. The number of hydrogen-bond acceptors (Lipinski definition) is 12.